The number of nitrogens with one attached hydrogen (secondary N) is 1. The number of rotatable bonds is 3. The van der Waals surface area contributed by atoms with Crippen molar-refractivity contribution in [3.05, 3.63) is 24.0 Å². The molecule has 1 saturated carbocycles. The van der Waals surface area contributed by atoms with Crippen LogP contribution >= 0.6 is 0 Å². The predicted octanol–water partition coefficient (Wildman–Crippen LogP) is 0.945. The number of nitrogens with zero attached hydrogens (tertiary/aromatic N) is 1. The van der Waals surface area contributed by atoms with Crippen LogP contribution in [0.25, 0.3) is 0 Å². The van der Waals surface area contributed by atoms with Gasteiger partial charge in [-0.05, 0) is 25.0 Å². The number of carbonyl (C=O) groups is 1. The summed E-state index contributed by atoms with van der Waals surface area (Å²) in [7, 11) is 0. The number of hydrogen-bond acceptors (Lipinski definition) is 4. The smallest absolute Gasteiger partial charge is 0.272 e. The maximum absolute atomic E-state index is 11.9. The van der Waals surface area contributed by atoms with Crippen LogP contribution in [-0.4, -0.2) is 28.6 Å². The van der Waals surface area contributed by atoms with Gasteiger partial charge in [0, 0.05) is 18.7 Å². The molecule has 2 unspecified atom stereocenters. The standard InChI is InChI=1S/C13H19N3O2/c14-10-5-3-7-15-12(10)13(18)16-8-9-4-1-2-6-11(9)17/h3,5,7,9,11,17H,1-2,4,6,8,14H2,(H,16,18). The van der Waals surface area contributed by atoms with E-state index < -0.39 is 0 Å². The molecule has 1 fully saturated rings. The third-order valence-electron chi connectivity index (χ3n) is 3.45. The number of pyridine rings is 1. The summed E-state index contributed by atoms with van der Waals surface area (Å²) in [5.74, 6) is -0.126. The maximum Gasteiger partial charge on any atom is 0.272 e. The van der Waals surface area contributed by atoms with Crippen molar-refractivity contribution in [2.24, 2.45) is 5.92 Å². The van der Waals surface area contributed by atoms with Crippen molar-refractivity contribution in [1.82, 2.24) is 10.3 Å². The third kappa shape index (κ3) is 2.98. The van der Waals surface area contributed by atoms with E-state index in [1.165, 1.54) is 0 Å². The van der Waals surface area contributed by atoms with Gasteiger partial charge in [0.25, 0.3) is 5.91 Å². The molecular formula is C13H19N3O2. The summed E-state index contributed by atoms with van der Waals surface area (Å²) in [4.78, 5) is 15.8. The number of nitrogen functional groups attached to an aromatic ring is 1. The summed E-state index contributed by atoms with van der Waals surface area (Å²) in [6.07, 6.45) is 5.20. The number of anilines is 1. The van der Waals surface area contributed by atoms with Crippen molar-refractivity contribution in [2.75, 3.05) is 12.3 Å². The lowest BCUT2D eigenvalue weighted by Crippen LogP contribution is -2.37. The Morgan fingerprint density at radius 2 is 2.28 bits per heavy atom. The monoisotopic (exact) mass is 249 g/mol. The highest BCUT2D eigenvalue weighted by Gasteiger charge is 2.23. The minimum Gasteiger partial charge on any atom is -0.397 e. The quantitative estimate of drug-likeness (QED) is 0.744. The average Bonchev–Trinajstić information content (AvgIpc) is 2.38. The van der Waals surface area contributed by atoms with E-state index in [2.05, 4.69) is 10.3 Å². The summed E-state index contributed by atoms with van der Waals surface area (Å²) in [5.41, 5.74) is 6.31. The summed E-state index contributed by atoms with van der Waals surface area (Å²) >= 11 is 0. The number of aliphatic hydroxyl groups excluding tert-OH is 1. The highest BCUT2D eigenvalue weighted by atomic mass is 16.3. The maximum atomic E-state index is 11.9. The second kappa shape index (κ2) is 5.82. The summed E-state index contributed by atoms with van der Waals surface area (Å²) in [6, 6.07) is 3.34. The molecule has 2 rings (SSSR count). The van der Waals surface area contributed by atoms with Crippen LogP contribution in [0.3, 0.4) is 0 Å². The Balaban J connectivity index is 1.90. The molecule has 98 valence electrons. The van der Waals surface area contributed by atoms with Crippen LogP contribution in [0.2, 0.25) is 0 Å². The van der Waals surface area contributed by atoms with Gasteiger partial charge in [0.15, 0.2) is 5.69 Å². The molecule has 1 aliphatic carbocycles. The zero-order valence-electron chi connectivity index (χ0n) is 10.3. The molecule has 1 heterocycles. The Hall–Kier alpha value is -1.62. The van der Waals surface area contributed by atoms with E-state index in [1.807, 2.05) is 0 Å². The second-order valence-corrected chi connectivity index (χ2v) is 4.76. The lowest BCUT2D eigenvalue weighted by molar-refractivity contribution is 0.0662. The van der Waals surface area contributed by atoms with Gasteiger partial charge >= 0.3 is 0 Å². The molecule has 1 aromatic rings. The first kappa shape index (κ1) is 12.8. The van der Waals surface area contributed by atoms with E-state index in [-0.39, 0.29) is 23.6 Å². The molecule has 2 atom stereocenters. The number of nitrogens with two attached hydrogens (primary N) is 1. The SMILES string of the molecule is Nc1cccnc1C(=O)NCC1CCCCC1O. The van der Waals surface area contributed by atoms with Crippen molar-refractivity contribution in [3.8, 4) is 0 Å². The average molecular weight is 249 g/mol. The Labute approximate surface area is 106 Å². The highest BCUT2D eigenvalue weighted by Crippen LogP contribution is 2.23. The Bertz CT molecular complexity index is 422. The minimum atomic E-state index is -0.305. The first-order valence-corrected chi connectivity index (χ1v) is 6.35. The van der Waals surface area contributed by atoms with Crippen LogP contribution in [0.5, 0.6) is 0 Å². The molecule has 1 amide bonds. The molecule has 0 bridgehead atoms. The fourth-order valence-electron chi connectivity index (χ4n) is 2.34. The van der Waals surface area contributed by atoms with E-state index in [1.54, 1.807) is 18.3 Å². The van der Waals surface area contributed by atoms with Gasteiger partial charge in [-0.15, -0.1) is 0 Å². The van der Waals surface area contributed by atoms with Crippen LogP contribution < -0.4 is 11.1 Å². The van der Waals surface area contributed by atoms with E-state index >= 15 is 0 Å². The van der Waals surface area contributed by atoms with Gasteiger partial charge in [-0.3, -0.25) is 4.79 Å². The zero-order valence-corrected chi connectivity index (χ0v) is 10.3. The molecule has 5 heteroatoms. The molecule has 18 heavy (non-hydrogen) atoms. The van der Waals surface area contributed by atoms with Gasteiger partial charge in [-0.2, -0.15) is 0 Å². The normalized spacial score (nSPS) is 23.6. The number of amides is 1. The molecule has 1 aliphatic rings. The highest BCUT2D eigenvalue weighted by molar-refractivity contribution is 5.96. The van der Waals surface area contributed by atoms with Crippen molar-refractivity contribution >= 4 is 11.6 Å². The molecule has 4 N–H and O–H groups in total. The van der Waals surface area contributed by atoms with E-state index in [0.717, 1.165) is 25.7 Å². The number of aromatic nitrogens is 1. The number of aliphatic hydroxyl groups is 1. The van der Waals surface area contributed by atoms with E-state index in [4.69, 9.17) is 5.73 Å². The Morgan fingerprint density at radius 1 is 1.50 bits per heavy atom. The Morgan fingerprint density at radius 3 is 3.00 bits per heavy atom. The minimum absolute atomic E-state index is 0.146. The zero-order chi connectivity index (χ0) is 13.0. The molecule has 0 aliphatic heterocycles. The van der Waals surface area contributed by atoms with Gasteiger partial charge in [0.2, 0.25) is 0 Å². The number of hydrogen-bond donors (Lipinski definition) is 3. The first-order chi connectivity index (χ1) is 8.68. The largest absolute Gasteiger partial charge is 0.397 e. The van der Waals surface area contributed by atoms with Crippen molar-refractivity contribution in [2.45, 2.75) is 31.8 Å². The van der Waals surface area contributed by atoms with Crippen molar-refractivity contribution in [3.63, 3.8) is 0 Å². The third-order valence-corrected chi connectivity index (χ3v) is 3.45. The fourth-order valence-corrected chi connectivity index (χ4v) is 2.34. The summed E-state index contributed by atoms with van der Waals surface area (Å²) in [6.45, 7) is 0.482. The first-order valence-electron chi connectivity index (χ1n) is 6.35. The van der Waals surface area contributed by atoms with Crippen molar-refractivity contribution in [1.29, 1.82) is 0 Å². The van der Waals surface area contributed by atoms with Crippen LogP contribution in [0.4, 0.5) is 5.69 Å². The van der Waals surface area contributed by atoms with Crippen molar-refractivity contribution < 1.29 is 9.90 Å². The second-order valence-electron chi connectivity index (χ2n) is 4.76. The molecule has 1 aromatic heterocycles. The van der Waals surface area contributed by atoms with Crippen LogP contribution in [0, 0.1) is 5.92 Å². The van der Waals surface area contributed by atoms with Gasteiger partial charge in [-0.1, -0.05) is 12.8 Å². The molecule has 0 spiro atoms. The topological polar surface area (TPSA) is 88.2 Å². The Kier molecular flexibility index (Phi) is 4.15. The van der Waals surface area contributed by atoms with Crippen LogP contribution in [-0.2, 0) is 0 Å². The summed E-state index contributed by atoms with van der Waals surface area (Å²) in [5, 5.41) is 12.6. The van der Waals surface area contributed by atoms with Gasteiger partial charge in [0.05, 0.1) is 11.8 Å². The van der Waals surface area contributed by atoms with Crippen LogP contribution in [0.1, 0.15) is 36.2 Å². The molecule has 0 aromatic carbocycles. The van der Waals surface area contributed by atoms with Gasteiger partial charge in [-0.25, -0.2) is 4.98 Å². The molecule has 0 saturated heterocycles. The molecular weight excluding hydrogens is 230 g/mol. The number of carbonyl (C=O) groups excluding carboxylic acids is 1. The molecule has 0 radical (unpaired) electrons. The van der Waals surface area contributed by atoms with E-state index in [9.17, 15) is 9.90 Å². The van der Waals surface area contributed by atoms with Crippen LogP contribution in [0.15, 0.2) is 18.3 Å². The molecule has 5 nitrogen and oxygen atoms in total. The summed E-state index contributed by atoms with van der Waals surface area (Å²) < 4.78 is 0. The predicted molar refractivity (Wildman–Crippen MR) is 68.9 cm³/mol. The van der Waals surface area contributed by atoms with E-state index in [0.29, 0.717) is 12.2 Å². The van der Waals surface area contributed by atoms with Gasteiger partial charge < -0.3 is 16.2 Å². The fraction of sp³-hybridized carbons (Fsp3) is 0.538. The lowest BCUT2D eigenvalue weighted by atomic mass is 9.86. The van der Waals surface area contributed by atoms with Gasteiger partial charge in [0.1, 0.15) is 0 Å². The lowest BCUT2D eigenvalue weighted by Gasteiger charge is -2.27.